The van der Waals surface area contributed by atoms with Crippen LogP contribution in [0.15, 0.2) is 180 Å². The molecule has 4 nitrogen and oxygen atoms in total. The summed E-state index contributed by atoms with van der Waals surface area (Å²) in [5, 5.41) is 7.07. The van der Waals surface area contributed by atoms with Gasteiger partial charge in [0.15, 0.2) is 17.5 Å². The van der Waals surface area contributed by atoms with Crippen molar-refractivity contribution in [1.82, 2.24) is 15.0 Å². The van der Waals surface area contributed by atoms with Crippen LogP contribution in [0.2, 0.25) is 0 Å². The number of furan rings is 1. The first-order valence-corrected chi connectivity index (χ1v) is 20.6. The van der Waals surface area contributed by atoms with E-state index in [2.05, 4.69) is 164 Å². The fourth-order valence-corrected chi connectivity index (χ4v) is 10.5. The second-order valence-corrected chi connectivity index (χ2v) is 16.5. The molecule has 0 aliphatic rings. The van der Waals surface area contributed by atoms with Crippen molar-refractivity contribution in [2.45, 2.75) is 0 Å². The SMILES string of the molecule is c1ccc2c(c1)oc1cc(-c3ccc(-c4ccc(-c5nc(-c6cccc7sc8ccccc8c67)nc(-c6cccc7sc8ccccc8c67)n5)cc4)cc3)ccc12. The lowest BCUT2D eigenvalue weighted by Crippen LogP contribution is -2.00. The van der Waals surface area contributed by atoms with Gasteiger partial charge in [-0.3, -0.25) is 0 Å². The Morgan fingerprint density at radius 3 is 1.35 bits per heavy atom. The van der Waals surface area contributed by atoms with E-state index in [0.29, 0.717) is 17.5 Å². The molecule has 0 unspecified atom stereocenters. The summed E-state index contributed by atoms with van der Waals surface area (Å²) in [5.41, 5.74) is 9.29. The lowest BCUT2D eigenvalue weighted by atomic mass is 9.99. The first kappa shape index (κ1) is 32.3. The molecule has 0 fully saturated rings. The fourth-order valence-electron chi connectivity index (χ4n) is 8.24. The van der Waals surface area contributed by atoms with E-state index < -0.39 is 0 Å². The molecule has 0 aliphatic carbocycles. The van der Waals surface area contributed by atoms with Crippen LogP contribution in [0.3, 0.4) is 0 Å². The molecule has 0 aliphatic heterocycles. The molecule has 4 aromatic heterocycles. The Balaban J connectivity index is 0.957. The highest BCUT2D eigenvalue weighted by molar-refractivity contribution is 7.26. The van der Waals surface area contributed by atoms with Crippen molar-refractivity contribution in [3.63, 3.8) is 0 Å². The van der Waals surface area contributed by atoms with Gasteiger partial charge in [-0.1, -0.05) is 133 Å². The zero-order valence-corrected chi connectivity index (χ0v) is 31.9. The summed E-state index contributed by atoms with van der Waals surface area (Å²) in [6.45, 7) is 0. The Kier molecular flexibility index (Phi) is 7.24. The van der Waals surface area contributed by atoms with Crippen LogP contribution in [-0.2, 0) is 0 Å². The van der Waals surface area contributed by atoms with Crippen molar-refractivity contribution >= 4 is 85.0 Å². The summed E-state index contributed by atoms with van der Waals surface area (Å²) in [5.74, 6) is 1.98. The van der Waals surface area contributed by atoms with Crippen LogP contribution >= 0.6 is 22.7 Å². The monoisotopic (exact) mass is 763 g/mol. The second-order valence-electron chi connectivity index (χ2n) is 14.3. The fraction of sp³-hybridized carbons (Fsp3) is 0. The number of hydrogen-bond donors (Lipinski definition) is 0. The third kappa shape index (κ3) is 5.30. The first-order valence-electron chi connectivity index (χ1n) is 18.9. The van der Waals surface area contributed by atoms with Crippen LogP contribution in [0.1, 0.15) is 0 Å². The number of fused-ring (bicyclic) bond motifs is 9. The zero-order valence-electron chi connectivity index (χ0n) is 30.3. The predicted molar refractivity (Wildman–Crippen MR) is 240 cm³/mol. The van der Waals surface area contributed by atoms with Crippen LogP contribution in [0.25, 0.3) is 119 Å². The maximum atomic E-state index is 6.17. The van der Waals surface area contributed by atoms with Crippen molar-refractivity contribution in [2.24, 2.45) is 0 Å². The molecule has 4 heterocycles. The number of hydrogen-bond acceptors (Lipinski definition) is 6. The minimum Gasteiger partial charge on any atom is -0.456 e. The zero-order chi connectivity index (χ0) is 37.5. The molecule has 0 radical (unpaired) electrons. The summed E-state index contributed by atoms with van der Waals surface area (Å²) in [6, 6.07) is 62.1. The maximum absolute atomic E-state index is 6.17. The lowest BCUT2D eigenvalue weighted by molar-refractivity contribution is 0.669. The van der Waals surface area contributed by atoms with Crippen LogP contribution in [-0.4, -0.2) is 15.0 Å². The number of thiophene rings is 2. The molecule has 8 aromatic carbocycles. The molecule has 6 heteroatoms. The predicted octanol–water partition coefficient (Wildman–Crippen LogP) is 14.8. The highest BCUT2D eigenvalue weighted by Gasteiger charge is 2.19. The number of nitrogens with zero attached hydrogens (tertiary/aromatic N) is 3. The van der Waals surface area contributed by atoms with Crippen LogP contribution in [0.5, 0.6) is 0 Å². The van der Waals surface area contributed by atoms with E-state index in [1.807, 2.05) is 12.1 Å². The van der Waals surface area contributed by atoms with Gasteiger partial charge in [0.05, 0.1) is 0 Å². The van der Waals surface area contributed by atoms with Gasteiger partial charge >= 0.3 is 0 Å². The highest BCUT2D eigenvalue weighted by atomic mass is 32.1. The first-order chi connectivity index (χ1) is 28.2. The number of benzene rings is 8. The molecule has 0 N–H and O–H groups in total. The van der Waals surface area contributed by atoms with E-state index in [0.717, 1.165) is 60.9 Å². The van der Waals surface area contributed by atoms with E-state index in [9.17, 15) is 0 Å². The Hall–Kier alpha value is -6.99. The van der Waals surface area contributed by atoms with Crippen molar-refractivity contribution < 1.29 is 4.42 Å². The van der Waals surface area contributed by atoms with Gasteiger partial charge in [-0.05, 0) is 64.7 Å². The standard InChI is InChI=1S/C51H29N3OS2/c1-4-14-41-35(9-1)36-28-27-34(29-42(36)55-41)32-21-19-30(20-22-32)31-23-25-33(26-24-31)49-52-50(39-12-7-17-45-47(39)37-10-2-5-15-43(37)56-45)54-51(53-49)40-13-8-18-46-48(40)38-11-3-6-16-44(38)57-46/h1-29H. The summed E-state index contributed by atoms with van der Waals surface area (Å²) >= 11 is 3.60. The second kappa shape index (κ2) is 12.8. The van der Waals surface area contributed by atoms with Gasteiger partial charge in [0.1, 0.15) is 11.2 Å². The number of para-hydroxylation sites is 1. The molecule has 12 aromatic rings. The molecule has 0 spiro atoms. The summed E-state index contributed by atoms with van der Waals surface area (Å²) in [7, 11) is 0. The molecule has 57 heavy (non-hydrogen) atoms. The third-order valence-corrected chi connectivity index (χ3v) is 13.3. The Bertz CT molecular complexity index is 3390. The Morgan fingerprint density at radius 2 is 0.754 bits per heavy atom. The van der Waals surface area contributed by atoms with Crippen molar-refractivity contribution in [3.05, 3.63) is 176 Å². The van der Waals surface area contributed by atoms with Crippen molar-refractivity contribution in [1.29, 1.82) is 0 Å². The van der Waals surface area contributed by atoms with Crippen molar-refractivity contribution in [2.75, 3.05) is 0 Å². The van der Waals surface area contributed by atoms with E-state index >= 15 is 0 Å². The topological polar surface area (TPSA) is 51.8 Å². The Labute approximate surface area is 335 Å². The molecule has 12 rings (SSSR count). The van der Waals surface area contributed by atoms with Crippen LogP contribution in [0, 0.1) is 0 Å². The van der Waals surface area contributed by atoms with Gasteiger partial charge in [0.2, 0.25) is 0 Å². The normalized spacial score (nSPS) is 11.9. The van der Waals surface area contributed by atoms with Crippen LogP contribution in [0.4, 0.5) is 0 Å². The average Bonchev–Trinajstić information content (AvgIpc) is 3.97. The molecule has 0 amide bonds. The van der Waals surface area contributed by atoms with Gasteiger partial charge in [0.25, 0.3) is 0 Å². The minimum atomic E-state index is 0.644. The molecule has 0 saturated heterocycles. The van der Waals surface area contributed by atoms with E-state index in [1.165, 1.54) is 40.3 Å². The quantitative estimate of drug-likeness (QED) is 0.175. The third-order valence-electron chi connectivity index (χ3n) is 11.0. The molecule has 0 saturated carbocycles. The highest BCUT2D eigenvalue weighted by Crippen LogP contribution is 2.42. The van der Waals surface area contributed by atoms with E-state index in [1.54, 1.807) is 22.7 Å². The smallest absolute Gasteiger partial charge is 0.164 e. The van der Waals surface area contributed by atoms with Gasteiger partial charge in [-0.15, -0.1) is 22.7 Å². The summed E-state index contributed by atoms with van der Waals surface area (Å²) < 4.78 is 11.1. The molecular formula is C51H29N3OS2. The van der Waals surface area contributed by atoms with Gasteiger partial charge in [0, 0.05) is 67.8 Å². The largest absolute Gasteiger partial charge is 0.456 e. The van der Waals surface area contributed by atoms with Gasteiger partial charge < -0.3 is 4.42 Å². The van der Waals surface area contributed by atoms with Crippen LogP contribution < -0.4 is 0 Å². The summed E-state index contributed by atoms with van der Waals surface area (Å²) in [6.07, 6.45) is 0. The molecule has 0 atom stereocenters. The molecule has 0 bridgehead atoms. The molecule has 266 valence electrons. The van der Waals surface area contributed by atoms with Gasteiger partial charge in [-0.25, -0.2) is 15.0 Å². The summed E-state index contributed by atoms with van der Waals surface area (Å²) in [4.78, 5) is 15.7. The average molecular weight is 764 g/mol. The van der Waals surface area contributed by atoms with E-state index in [-0.39, 0.29) is 0 Å². The molecular weight excluding hydrogens is 735 g/mol. The maximum Gasteiger partial charge on any atom is 0.164 e. The van der Waals surface area contributed by atoms with Crippen molar-refractivity contribution in [3.8, 4) is 56.4 Å². The van der Waals surface area contributed by atoms with Gasteiger partial charge in [-0.2, -0.15) is 0 Å². The number of aromatic nitrogens is 3. The lowest BCUT2D eigenvalue weighted by Gasteiger charge is -2.11. The van der Waals surface area contributed by atoms with E-state index in [4.69, 9.17) is 19.4 Å². The minimum absolute atomic E-state index is 0.644. The number of rotatable bonds is 5. The Morgan fingerprint density at radius 1 is 0.316 bits per heavy atom.